The topological polar surface area (TPSA) is 34.1 Å². The van der Waals surface area contributed by atoms with Gasteiger partial charge in [-0.1, -0.05) is 19.4 Å². The summed E-state index contributed by atoms with van der Waals surface area (Å²) in [5.74, 6) is 3.29. The lowest BCUT2D eigenvalue weighted by atomic mass is 9.47. The molecule has 0 aromatic rings. The number of carbonyl (C=O) groups is 2. The average Bonchev–Trinajstić information content (AvgIpc) is 2.85. The Morgan fingerprint density at radius 3 is 2.61 bits per heavy atom. The van der Waals surface area contributed by atoms with E-state index in [1.165, 1.54) is 31.3 Å². The van der Waals surface area contributed by atoms with Gasteiger partial charge in [0, 0.05) is 12.3 Å². The van der Waals surface area contributed by atoms with Crippen LogP contribution in [0.25, 0.3) is 0 Å². The lowest BCUT2D eigenvalue weighted by Crippen LogP contribution is -2.51. The molecule has 2 nitrogen and oxygen atoms in total. The van der Waals surface area contributed by atoms with Gasteiger partial charge in [0.25, 0.3) is 0 Å². The van der Waals surface area contributed by atoms with Crippen molar-refractivity contribution < 1.29 is 11.0 Å². The first-order valence-corrected chi connectivity index (χ1v) is 9.60. The predicted octanol–water partition coefficient (Wildman–Crippen LogP) is 4.84. The maximum absolute atomic E-state index is 12.1. The van der Waals surface area contributed by atoms with Crippen LogP contribution in [-0.4, -0.2) is 11.6 Å². The van der Waals surface area contributed by atoms with E-state index < -0.39 is 0 Å². The normalized spacial score (nSPS) is 49.0. The van der Waals surface area contributed by atoms with E-state index >= 15 is 0 Å². The summed E-state index contributed by atoms with van der Waals surface area (Å²) in [7, 11) is 0. The van der Waals surface area contributed by atoms with Gasteiger partial charge in [-0.2, -0.15) is 0 Å². The van der Waals surface area contributed by atoms with E-state index in [-0.39, 0.29) is 12.3 Å². The monoisotopic (exact) mass is 315 g/mol. The summed E-state index contributed by atoms with van der Waals surface area (Å²) in [6, 6.07) is 0. The fourth-order valence-electron chi connectivity index (χ4n) is 7.23. The molecule has 0 saturated heterocycles. The fourth-order valence-corrected chi connectivity index (χ4v) is 7.23. The molecule has 3 saturated carbocycles. The summed E-state index contributed by atoms with van der Waals surface area (Å²) < 4.78 is 0. The van der Waals surface area contributed by atoms with Gasteiger partial charge in [0.15, 0.2) is 5.78 Å². The van der Waals surface area contributed by atoms with Crippen molar-refractivity contribution in [2.75, 3.05) is 0 Å². The van der Waals surface area contributed by atoms with Gasteiger partial charge < -0.3 is 0 Å². The first-order chi connectivity index (χ1) is 10.9. The molecule has 23 heavy (non-hydrogen) atoms. The van der Waals surface area contributed by atoms with E-state index in [1.54, 1.807) is 6.92 Å². The molecule has 4 rings (SSSR count). The summed E-state index contributed by atoms with van der Waals surface area (Å²) in [6.07, 6.45) is 10.9. The minimum absolute atomic E-state index is 0. The van der Waals surface area contributed by atoms with Crippen LogP contribution < -0.4 is 0 Å². The number of carbonyl (C=O) groups excluding carboxylic acids is 2. The van der Waals surface area contributed by atoms with Gasteiger partial charge in [-0.3, -0.25) is 9.59 Å². The molecule has 2 heteroatoms. The van der Waals surface area contributed by atoms with Crippen molar-refractivity contribution in [1.82, 2.24) is 0 Å². The highest BCUT2D eigenvalue weighted by Gasteiger charge is 2.59. The second-order valence-corrected chi connectivity index (χ2v) is 9.25. The van der Waals surface area contributed by atoms with Gasteiger partial charge in [0.2, 0.25) is 0 Å². The van der Waals surface area contributed by atoms with E-state index in [1.807, 2.05) is 6.08 Å². The van der Waals surface area contributed by atoms with Crippen LogP contribution >= 0.6 is 0 Å². The Morgan fingerprint density at radius 2 is 1.87 bits per heavy atom. The van der Waals surface area contributed by atoms with Gasteiger partial charge >= 0.3 is 1.43 Å². The van der Waals surface area contributed by atoms with Crippen LogP contribution in [0.15, 0.2) is 11.6 Å². The van der Waals surface area contributed by atoms with Gasteiger partial charge in [-0.05, 0) is 86.5 Å². The van der Waals surface area contributed by atoms with E-state index in [2.05, 4.69) is 13.8 Å². The smallest absolute Gasteiger partial charge is 0.300 e. The summed E-state index contributed by atoms with van der Waals surface area (Å²) in [5.41, 5.74) is 1.95. The van der Waals surface area contributed by atoms with Crippen LogP contribution in [0.1, 0.15) is 73.6 Å². The lowest BCUT2D eigenvalue weighted by Gasteiger charge is -2.58. The second kappa shape index (κ2) is 5.04. The summed E-state index contributed by atoms with van der Waals surface area (Å²) in [4.78, 5) is 24.0. The molecule has 0 aliphatic heterocycles. The van der Waals surface area contributed by atoms with E-state index in [0.29, 0.717) is 17.5 Å². The van der Waals surface area contributed by atoms with Crippen LogP contribution in [0, 0.1) is 34.5 Å². The standard InChI is InChI=1S/C21H30O2/c1-13(22)17-6-7-18-16-5-4-14-12-15(23)8-10-20(14,2)19(16)9-11-21(17,18)3/h12,16-19H,4-11H2,1-3H3/p+1/t16-,17+,18-,19-,20-,21+/m0/s1. The van der Waals surface area contributed by atoms with Gasteiger partial charge in [0.05, 0.1) is 0 Å². The molecule has 0 aromatic carbocycles. The molecule has 0 heterocycles. The number of rotatable bonds is 1. The van der Waals surface area contributed by atoms with Crippen LogP contribution in [0.2, 0.25) is 0 Å². The predicted molar refractivity (Wildman–Crippen MR) is 92.0 cm³/mol. The Labute approximate surface area is 141 Å². The van der Waals surface area contributed by atoms with Crippen molar-refractivity contribution in [3.8, 4) is 0 Å². The van der Waals surface area contributed by atoms with Gasteiger partial charge in [-0.25, -0.2) is 0 Å². The highest BCUT2D eigenvalue weighted by Crippen LogP contribution is 2.66. The molecule has 0 aromatic heterocycles. The molecule has 0 spiro atoms. The molecule has 0 amide bonds. The molecule has 0 bridgehead atoms. The van der Waals surface area contributed by atoms with Crippen LogP contribution in [0.3, 0.4) is 0 Å². The number of hydrogen-bond donors (Lipinski definition) is 0. The average molecular weight is 315 g/mol. The van der Waals surface area contributed by atoms with E-state index in [0.717, 1.165) is 43.4 Å². The number of allylic oxidation sites excluding steroid dienone is 1. The second-order valence-electron chi connectivity index (χ2n) is 9.25. The maximum atomic E-state index is 12.1. The van der Waals surface area contributed by atoms with Crippen molar-refractivity contribution in [2.24, 2.45) is 34.5 Å². The third kappa shape index (κ3) is 2.06. The zero-order chi connectivity index (χ0) is 16.4. The first-order valence-electron chi connectivity index (χ1n) is 9.60. The highest BCUT2D eigenvalue weighted by atomic mass is 16.1. The van der Waals surface area contributed by atoms with Crippen molar-refractivity contribution in [3.05, 3.63) is 11.6 Å². The fraction of sp³-hybridized carbons (Fsp3) is 0.810. The van der Waals surface area contributed by atoms with Crippen molar-refractivity contribution >= 4 is 11.6 Å². The van der Waals surface area contributed by atoms with E-state index in [4.69, 9.17) is 0 Å². The molecule has 6 atom stereocenters. The zero-order valence-corrected chi connectivity index (χ0v) is 14.9. The number of ketones is 2. The summed E-state index contributed by atoms with van der Waals surface area (Å²) in [5, 5.41) is 0. The van der Waals surface area contributed by atoms with Crippen molar-refractivity contribution in [1.29, 1.82) is 0 Å². The van der Waals surface area contributed by atoms with Gasteiger partial charge in [-0.15, -0.1) is 0 Å². The highest BCUT2D eigenvalue weighted by molar-refractivity contribution is 5.91. The molecular formula is C21H31O2+. The Morgan fingerprint density at radius 1 is 1.09 bits per heavy atom. The third-order valence-electron chi connectivity index (χ3n) is 8.45. The molecule has 4 aliphatic carbocycles. The summed E-state index contributed by atoms with van der Waals surface area (Å²) >= 11 is 0. The van der Waals surface area contributed by atoms with Crippen molar-refractivity contribution in [3.63, 3.8) is 0 Å². The molecule has 126 valence electrons. The van der Waals surface area contributed by atoms with Gasteiger partial charge in [0.1, 0.15) is 5.78 Å². The number of Topliss-reactive ketones (excluding diaryl/α,β-unsaturated/α-hetero) is 1. The quantitative estimate of drug-likeness (QED) is 0.694. The minimum Gasteiger partial charge on any atom is -0.300 e. The Kier molecular flexibility index (Phi) is 3.42. The van der Waals surface area contributed by atoms with Crippen LogP contribution in [-0.2, 0) is 9.59 Å². The Balaban J connectivity index is 0.00000169. The van der Waals surface area contributed by atoms with E-state index in [9.17, 15) is 9.59 Å². The SMILES string of the molecule is CC(=O)[C@H]1CC[C@H]2[C@@H]3CCC4=CC(=O)CC[C@]4(C)[C@H]3CC[C@]12C.[H+]. The molecule has 0 radical (unpaired) electrons. The third-order valence-corrected chi connectivity index (χ3v) is 8.45. The Hall–Kier alpha value is -0.920. The molecule has 0 N–H and O–H groups in total. The first kappa shape index (κ1) is 15.6. The minimum atomic E-state index is 0. The van der Waals surface area contributed by atoms with Crippen LogP contribution in [0.4, 0.5) is 0 Å². The molecule has 4 aliphatic rings. The maximum Gasteiger partial charge on any atom is 1.00 e. The van der Waals surface area contributed by atoms with Crippen LogP contribution in [0.5, 0.6) is 0 Å². The largest absolute Gasteiger partial charge is 1.00 e. The lowest BCUT2D eigenvalue weighted by molar-refractivity contribution is -0.128. The molecular weight excluding hydrogens is 284 g/mol. The number of fused-ring (bicyclic) bond motifs is 5. The number of hydrogen-bond acceptors (Lipinski definition) is 2. The Bertz CT molecular complexity index is 595. The zero-order valence-electron chi connectivity index (χ0n) is 15.9. The molecule has 3 fully saturated rings. The molecule has 0 unspecified atom stereocenters. The summed E-state index contributed by atoms with van der Waals surface area (Å²) in [6.45, 7) is 6.65. The van der Waals surface area contributed by atoms with Crippen molar-refractivity contribution in [2.45, 2.75) is 72.1 Å².